The van der Waals surface area contributed by atoms with Gasteiger partial charge in [0.05, 0.1) is 16.7 Å². The second kappa shape index (κ2) is 6.70. The first-order valence-corrected chi connectivity index (χ1v) is 8.31. The van der Waals surface area contributed by atoms with Crippen molar-refractivity contribution in [3.8, 4) is 22.6 Å². The molecule has 3 aromatic rings. The Labute approximate surface area is 146 Å². The molecule has 25 heavy (non-hydrogen) atoms. The first-order valence-electron chi connectivity index (χ1n) is 8.31. The van der Waals surface area contributed by atoms with Gasteiger partial charge in [-0.05, 0) is 30.3 Å². The highest BCUT2D eigenvalue weighted by atomic mass is 16.3. The standard InChI is InChI=1S/C23H17O2/c24-21-14-8-7-13-19(21)20-15-16-22(17-9-3-1-4-10-17)25-23(20)18-11-5-2-6-12-18/h1-13,15-16H,14H2/q+1. The molecule has 0 N–H and O–H groups in total. The summed E-state index contributed by atoms with van der Waals surface area (Å²) in [4.78, 5) is 12.4. The average molecular weight is 325 g/mol. The van der Waals surface area contributed by atoms with Gasteiger partial charge in [0.1, 0.15) is 0 Å². The number of rotatable bonds is 3. The number of benzene rings is 2. The van der Waals surface area contributed by atoms with E-state index in [0.717, 1.165) is 28.2 Å². The summed E-state index contributed by atoms with van der Waals surface area (Å²) in [6.45, 7) is 0. The molecule has 1 aliphatic rings. The second-order valence-corrected chi connectivity index (χ2v) is 5.91. The Morgan fingerprint density at radius 3 is 2.12 bits per heavy atom. The average Bonchev–Trinajstić information content (AvgIpc) is 2.69. The van der Waals surface area contributed by atoms with E-state index in [2.05, 4.69) is 0 Å². The van der Waals surface area contributed by atoms with Crippen LogP contribution in [0.5, 0.6) is 0 Å². The Bertz CT molecular complexity index is 967. The molecule has 0 radical (unpaired) electrons. The van der Waals surface area contributed by atoms with Crippen LogP contribution in [-0.2, 0) is 4.79 Å². The summed E-state index contributed by atoms with van der Waals surface area (Å²) in [7, 11) is 0. The highest BCUT2D eigenvalue weighted by molar-refractivity contribution is 6.23. The minimum absolute atomic E-state index is 0.113. The molecule has 120 valence electrons. The molecule has 2 heteroatoms. The van der Waals surface area contributed by atoms with E-state index < -0.39 is 0 Å². The molecule has 2 aromatic carbocycles. The Morgan fingerprint density at radius 2 is 1.44 bits per heavy atom. The van der Waals surface area contributed by atoms with Gasteiger partial charge in [0.2, 0.25) is 0 Å². The van der Waals surface area contributed by atoms with E-state index in [9.17, 15) is 4.79 Å². The predicted molar refractivity (Wildman–Crippen MR) is 101 cm³/mol. The van der Waals surface area contributed by atoms with Crippen LogP contribution in [0.25, 0.3) is 28.2 Å². The van der Waals surface area contributed by atoms with Crippen molar-refractivity contribution in [2.75, 3.05) is 0 Å². The van der Waals surface area contributed by atoms with Gasteiger partial charge in [-0.25, -0.2) is 4.42 Å². The molecule has 1 heterocycles. The van der Waals surface area contributed by atoms with Gasteiger partial charge >= 0.3 is 11.5 Å². The number of hydrogen-bond acceptors (Lipinski definition) is 1. The zero-order valence-electron chi connectivity index (χ0n) is 13.7. The predicted octanol–water partition coefficient (Wildman–Crippen LogP) is 5.81. The number of carbonyl (C=O) groups excluding carboxylic acids is 1. The molecule has 4 rings (SSSR count). The molecule has 2 nitrogen and oxygen atoms in total. The second-order valence-electron chi connectivity index (χ2n) is 5.91. The maximum atomic E-state index is 12.4. The van der Waals surface area contributed by atoms with Crippen molar-refractivity contribution in [1.82, 2.24) is 0 Å². The lowest BCUT2D eigenvalue weighted by molar-refractivity contribution is -0.113. The lowest BCUT2D eigenvalue weighted by Crippen LogP contribution is -2.04. The summed E-state index contributed by atoms with van der Waals surface area (Å²) >= 11 is 0. The molecule has 0 aliphatic heterocycles. The topological polar surface area (TPSA) is 28.4 Å². The third kappa shape index (κ3) is 3.07. The quantitative estimate of drug-likeness (QED) is 0.569. The summed E-state index contributed by atoms with van der Waals surface area (Å²) in [5.41, 5.74) is 3.50. The van der Waals surface area contributed by atoms with Gasteiger partial charge in [-0.1, -0.05) is 54.6 Å². The molecule has 0 atom stereocenters. The maximum absolute atomic E-state index is 12.4. The van der Waals surface area contributed by atoms with Gasteiger partial charge < -0.3 is 0 Å². The van der Waals surface area contributed by atoms with Gasteiger partial charge in [-0.3, -0.25) is 4.79 Å². The summed E-state index contributed by atoms with van der Waals surface area (Å²) in [5.74, 6) is 1.61. The largest absolute Gasteiger partial charge is 0.368 e. The monoisotopic (exact) mass is 325 g/mol. The molecule has 1 aromatic heterocycles. The van der Waals surface area contributed by atoms with Crippen molar-refractivity contribution < 1.29 is 9.21 Å². The van der Waals surface area contributed by atoms with Crippen molar-refractivity contribution in [2.24, 2.45) is 0 Å². The zero-order valence-corrected chi connectivity index (χ0v) is 13.7. The van der Waals surface area contributed by atoms with Crippen molar-refractivity contribution in [1.29, 1.82) is 0 Å². The highest BCUT2D eigenvalue weighted by Crippen LogP contribution is 2.34. The van der Waals surface area contributed by atoms with Crippen molar-refractivity contribution in [2.45, 2.75) is 6.42 Å². The number of hydrogen-bond donors (Lipinski definition) is 0. The minimum Gasteiger partial charge on any atom is -0.294 e. The molecule has 0 bridgehead atoms. The van der Waals surface area contributed by atoms with Gasteiger partial charge in [0.25, 0.3) is 0 Å². The van der Waals surface area contributed by atoms with Crippen molar-refractivity contribution in [3.05, 3.63) is 96.6 Å². The van der Waals surface area contributed by atoms with Crippen LogP contribution in [0, 0.1) is 0 Å². The van der Waals surface area contributed by atoms with E-state index in [-0.39, 0.29) is 5.78 Å². The van der Waals surface area contributed by atoms with Crippen LogP contribution in [-0.4, -0.2) is 5.78 Å². The summed E-state index contributed by atoms with van der Waals surface area (Å²) in [5, 5.41) is 0. The minimum atomic E-state index is 0.113. The van der Waals surface area contributed by atoms with Crippen LogP contribution in [0.1, 0.15) is 12.0 Å². The Hall–Kier alpha value is -3.26. The van der Waals surface area contributed by atoms with E-state index >= 15 is 0 Å². The van der Waals surface area contributed by atoms with Crippen LogP contribution >= 0.6 is 0 Å². The molecule has 0 fully saturated rings. The molecule has 1 aliphatic carbocycles. The van der Waals surface area contributed by atoms with E-state index in [4.69, 9.17) is 4.42 Å². The third-order valence-electron chi connectivity index (χ3n) is 4.25. The Balaban J connectivity index is 1.91. The number of carbonyl (C=O) groups is 1. The Morgan fingerprint density at radius 1 is 0.760 bits per heavy atom. The summed E-state index contributed by atoms with van der Waals surface area (Å²) in [6.07, 6.45) is 6.10. The van der Waals surface area contributed by atoms with Crippen LogP contribution < -0.4 is 0 Å². The van der Waals surface area contributed by atoms with Gasteiger partial charge in [0, 0.05) is 18.1 Å². The fourth-order valence-electron chi connectivity index (χ4n) is 2.99. The summed E-state index contributed by atoms with van der Waals surface area (Å²) in [6, 6.07) is 23.8. The van der Waals surface area contributed by atoms with E-state index in [1.165, 1.54) is 0 Å². The van der Waals surface area contributed by atoms with Crippen LogP contribution in [0.2, 0.25) is 0 Å². The molecular weight excluding hydrogens is 308 g/mol. The third-order valence-corrected chi connectivity index (χ3v) is 4.25. The highest BCUT2D eigenvalue weighted by Gasteiger charge is 2.27. The van der Waals surface area contributed by atoms with Crippen LogP contribution in [0.15, 0.2) is 95.4 Å². The van der Waals surface area contributed by atoms with Crippen molar-refractivity contribution in [3.63, 3.8) is 0 Å². The molecule has 0 spiro atoms. The molecule has 0 saturated heterocycles. The number of allylic oxidation sites excluding steroid dienone is 4. The maximum Gasteiger partial charge on any atom is 0.368 e. The molecular formula is C23H17O2+. The molecule has 0 unspecified atom stereocenters. The Kier molecular flexibility index (Phi) is 4.09. The van der Waals surface area contributed by atoms with E-state index in [0.29, 0.717) is 12.0 Å². The normalized spacial score (nSPS) is 13.6. The van der Waals surface area contributed by atoms with Gasteiger partial charge in [-0.15, -0.1) is 0 Å². The van der Waals surface area contributed by atoms with Gasteiger partial charge in [0.15, 0.2) is 5.78 Å². The van der Waals surface area contributed by atoms with E-state index in [1.807, 2.05) is 91.0 Å². The van der Waals surface area contributed by atoms with Gasteiger partial charge in [-0.2, -0.15) is 0 Å². The first-order chi connectivity index (χ1) is 12.3. The smallest absolute Gasteiger partial charge is 0.294 e. The summed E-state index contributed by atoms with van der Waals surface area (Å²) < 4.78 is 6.27. The molecule has 0 saturated carbocycles. The van der Waals surface area contributed by atoms with Crippen molar-refractivity contribution >= 4 is 11.4 Å². The van der Waals surface area contributed by atoms with Crippen LogP contribution in [0.4, 0.5) is 0 Å². The SMILES string of the molecule is O=C1CC=CC=C1c1ccc(-c2ccccc2)[o+]c1-c1ccccc1. The lowest BCUT2D eigenvalue weighted by atomic mass is 9.93. The lowest BCUT2D eigenvalue weighted by Gasteiger charge is -2.08. The fraction of sp³-hybridized carbons (Fsp3) is 0.0435. The zero-order chi connectivity index (χ0) is 17.1. The molecule has 0 amide bonds. The number of Topliss-reactive ketones (excluding diaryl/α,β-unsaturated/α-hetero) is 1. The first kappa shape index (κ1) is 15.3. The fourth-order valence-corrected chi connectivity index (χ4v) is 2.99. The van der Waals surface area contributed by atoms with E-state index in [1.54, 1.807) is 0 Å². The van der Waals surface area contributed by atoms with Crippen LogP contribution in [0.3, 0.4) is 0 Å². The number of ketones is 1.